The van der Waals surface area contributed by atoms with Gasteiger partial charge in [0.2, 0.25) is 0 Å². The molecule has 4 heteroatoms. The molecule has 0 bridgehead atoms. The van der Waals surface area contributed by atoms with Crippen molar-refractivity contribution in [3.63, 3.8) is 0 Å². The maximum atomic E-state index is 10.3. The molecule has 54 valence electrons. The molecule has 0 spiro atoms. The van der Waals surface area contributed by atoms with Crippen molar-refractivity contribution >= 4 is 22.0 Å². The number of hydrogen-bond donors (Lipinski definition) is 1. The number of carbonyl (C=O) groups excluding carboxylic acids is 1. The third-order valence-corrected chi connectivity index (χ3v) is 1.28. The van der Waals surface area contributed by atoms with Crippen molar-refractivity contribution in [2.75, 3.05) is 19.0 Å². The van der Waals surface area contributed by atoms with Crippen molar-refractivity contribution in [3.05, 3.63) is 0 Å². The van der Waals surface area contributed by atoms with Crippen molar-refractivity contribution in [2.45, 2.75) is 6.42 Å². The number of amides is 1. The molecule has 9 heavy (non-hydrogen) atoms. The second-order valence-electron chi connectivity index (χ2n) is 1.43. The first-order chi connectivity index (χ1) is 4.31. The molecule has 0 saturated carbocycles. The van der Waals surface area contributed by atoms with E-state index < -0.39 is 0 Å². The molecule has 1 N–H and O–H groups in total. The van der Waals surface area contributed by atoms with Crippen LogP contribution in [0.3, 0.4) is 0 Å². The fraction of sp³-hybridized carbons (Fsp3) is 0.800. The quantitative estimate of drug-likeness (QED) is 0.542. The Morgan fingerprint density at radius 2 is 2.44 bits per heavy atom. The molecule has 1 amide bonds. The molecule has 0 aromatic rings. The predicted octanol–water partition coefficient (Wildman–Crippen LogP) is 1.13. The lowest BCUT2D eigenvalue weighted by molar-refractivity contribution is 0.149. The van der Waals surface area contributed by atoms with E-state index in [4.69, 9.17) is 0 Å². The first-order valence-electron chi connectivity index (χ1n) is 2.71. The molecule has 0 fully saturated rings. The van der Waals surface area contributed by atoms with Crippen LogP contribution >= 0.6 is 15.9 Å². The Morgan fingerprint density at radius 1 is 1.78 bits per heavy atom. The molecule has 0 rings (SSSR count). The first kappa shape index (κ1) is 8.75. The van der Waals surface area contributed by atoms with Gasteiger partial charge in [0.05, 0.1) is 6.61 Å². The second-order valence-corrected chi connectivity index (χ2v) is 2.22. The molecule has 0 saturated heterocycles. The molecule has 0 unspecified atom stereocenters. The van der Waals surface area contributed by atoms with Gasteiger partial charge in [-0.25, -0.2) is 4.79 Å². The summed E-state index contributed by atoms with van der Waals surface area (Å²) in [5.74, 6) is 0. The number of alkyl halides is 1. The Labute approximate surface area is 62.9 Å². The zero-order valence-corrected chi connectivity index (χ0v) is 6.90. The van der Waals surface area contributed by atoms with Crippen molar-refractivity contribution < 1.29 is 9.53 Å². The molecule has 3 nitrogen and oxygen atoms in total. The topological polar surface area (TPSA) is 38.3 Å². The third kappa shape index (κ3) is 5.62. The molecule has 0 aliphatic heterocycles. The average Bonchev–Trinajstić information content (AvgIpc) is 1.89. The van der Waals surface area contributed by atoms with Gasteiger partial charge in [-0.1, -0.05) is 15.9 Å². The van der Waals surface area contributed by atoms with Crippen LogP contribution < -0.4 is 5.32 Å². The summed E-state index contributed by atoms with van der Waals surface area (Å²) >= 11 is 3.21. The van der Waals surface area contributed by atoms with Crippen molar-refractivity contribution in [1.29, 1.82) is 0 Å². The van der Waals surface area contributed by atoms with Crippen LogP contribution in [0, 0.1) is 0 Å². The van der Waals surface area contributed by atoms with Crippen LogP contribution in [0.15, 0.2) is 0 Å². The van der Waals surface area contributed by atoms with Crippen LogP contribution in [-0.4, -0.2) is 25.1 Å². The number of nitrogens with one attached hydrogen (secondary N) is 1. The molecule has 0 aliphatic rings. The number of ether oxygens (including phenoxy) is 1. The summed E-state index contributed by atoms with van der Waals surface area (Å²) in [5.41, 5.74) is 0. The summed E-state index contributed by atoms with van der Waals surface area (Å²) < 4.78 is 4.65. The van der Waals surface area contributed by atoms with Gasteiger partial charge in [-0.3, -0.25) is 0 Å². The van der Waals surface area contributed by atoms with E-state index >= 15 is 0 Å². The van der Waals surface area contributed by atoms with Crippen LogP contribution in [0.25, 0.3) is 0 Å². The average molecular weight is 196 g/mol. The van der Waals surface area contributed by atoms with Gasteiger partial charge in [-0.2, -0.15) is 0 Å². The van der Waals surface area contributed by atoms with Gasteiger partial charge in [0.25, 0.3) is 0 Å². The second kappa shape index (κ2) is 5.88. The highest BCUT2D eigenvalue weighted by Crippen LogP contribution is 1.88. The van der Waals surface area contributed by atoms with Gasteiger partial charge < -0.3 is 10.1 Å². The standard InChI is InChI=1S/C5H10BrNO2/c1-7-5(8)9-4-2-3-6/h2-4H2,1H3,(H,7,8). The minimum atomic E-state index is -0.365. The smallest absolute Gasteiger partial charge is 0.406 e. The maximum Gasteiger partial charge on any atom is 0.406 e. The van der Waals surface area contributed by atoms with E-state index in [0.717, 1.165) is 11.8 Å². The predicted molar refractivity (Wildman–Crippen MR) is 38.8 cm³/mol. The Balaban J connectivity index is 2.97. The van der Waals surface area contributed by atoms with E-state index in [1.165, 1.54) is 7.05 Å². The van der Waals surface area contributed by atoms with Gasteiger partial charge in [-0.15, -0.1) is 0 Å². The zero-order valence-electron chi connectivity index (χ0n) is 5.32. The Bertz CT molecular complexity index is 87.0. The van der Waals surface area contributed by atoms with Crippen LogP contribution in [0.2, 0.25) is 0 Å². The number of carbonyl (C=O) groups is 1. The van der Waals surface area contributed by atoms with Crippen molar-refractivity contribution in [2.24, 2.45) is 0 Å². The van der Waals surface area contributed by atoms with Gasteiger partial charge >= 0.3 is 6.09 Å². The highest BCUT2D eigenvalue weighted by Gasteiger charge is 1.93. The normalized spacial score (nSPS) is 8.67. The molecular formula is C5H10BrNO2. The van der Waals surface area contributed by atoms with Crippen LogP contribution in [-0.2, 0) is 4.74 Å². The molecule has 0 atom stereocenters. The van der Waals surface area contributed by atoms with E-state index in [1.807, 2.05) is 0 Å². The summed E-state index contributed by atoms with van der Waals surface area (Å²) in [6, 6.07) is 0. The van der Waals surface area contributed by atoms with Crippen LogP contribution in [0.5, 0.6) is 0 Å². The zero-order chi connectivity index (χ0) is 7.11. The Morgan fingerprint density at radius 3 is 2.89 bits per heavy atom. The van der Waals surface area contributed by atoms with E-state index in [0.29, 0.717) is 6.61 Å². The molecular weight excluding hydrogens is 186 g/mol. The summed E-state index contributed by atoms with van der Waals surface area (Å²) in [6.07, 6.45) is 0.490. The Hall–Kier alpha value is -0.250. The molecule has 0 aromatic heterocycles. The molecule has 0 radical (unpaired) electrons. The Kier molecular flexibility index (Phi) is 5.72. The number of hydrogen-bond acceptors (Lipinski definition) is 2. The summed E-state index contributed by atoms with van der Waals surface area (Å²) in [5, 5.41) is 3.21. The minimum absolute atomic E-state index is 0.365. The molecule has 0 aliphatic carbocycles. The monoisotopic (exact) mass is 195 g/mol. The SMILES string of the molecule is CNC(=O)OCCCBr. The lowest BCUT2D eigenvalue weighted by Gasteiger charge is -1.99. The molecule has 0 heterocycles. The van der Waals surface area contributed by atoms with Crippen molar-refractivity contribution in [1.82, 2.24) is 5.32 Å². The number of alkyl carbamates (subject to hydrolysis) is 1. The van der Waals surface area contributed by atoms with Crippen LogP contribution in [0.1, 0.15) is 6.42 Å². The highest BCUT2D eigenvalue weighted by atomic mass is 79.9. The lowest BCUT2D eigenvalue weighted by atomic mass is 10.5. The molecule has 0 aromatic carbocycles. The number of rotatable bonds is 3. The van der Waals surface area contributed by atoms with E-state index in [-0.39, 0.29) is 6.09 Å². The van der Waals surface area contributed by atoms with E-state index in [2.05, 4.69) is 26.0 Å². The van der Waals surface area contributed by atoms with Crippen molar-refractivity contribution in [3.8, 4) is 0 Å². The fourth-order valence-corrected chi connectivity index (χ4v) is 0.521. The summed E-state index contributed by atoms with van der Waals surface area (Å²) in [4.78, 5) is 10.3. The van der Waals surface area contributed by atoms with Gasteiger partial charge in [0.1, 0.15) is 0 Å². The van der Waals surface area contributed by atoms with E-state index in [1.54, 1.807) is 0 Å². The summed E-state index contributed by atoms with van der Waals surface area (Å²) in [7, 11) is 1.54. The number of halogens is 1. The summed E-state index contributed by atoms with van der Waals surface area (Å²) in [6.45, 7) is 0.477. The van der Waals surface area contributed by atoms with Crippen LogP contribution in [0.4, 0.5) is 4.79 Å². The third-order valence-electron chi connectivity index (χ3n) is 0.715. The first-order valence-corrected chi connectivity index (χ1v) is 3.84. The minimum Gasteiger partial charge on any atom is -0.450 e. The van der Waals surface area contributed by atoms with Gasteiger partial charge in [0, 0.05) is 12.4 Å². The highest BCUT2D eigenvalue weighted by molar-refractivity contribution is 9.09. The lowest BCUT2D eigenvalue weighted by Crippen LogP contribution is -2.19. The van der Waals surface area contributed by atoms with E-state index in [9.17, 15) is 4.79 Å². The fourth-order valence-electron chi connectivity index (χ4n) is 0.292. The largest absolute Gasteiger partial charge is 0.450 e. The van der Waals surface area contributed by atoms with Gasteiger partial charge in [0.15, 0.2) is 0 Å². The van der Waals surface area contributed by atoms with Gasteiger partial charge in [-0.05, 0) is 6.42 Å². The maximum absolute atomic E-state index is 10.3.